The van der Waals surface area contributed by atoms with Gasteiger partial charge in [0.2, 0.25) is 0 Å². The van der Waals surface area contributed by atoms with E-state index in [9.17, 15) is 0 Å². The number of hydrogen-bond acceptors (Lipinski definition) is 6. The van der Waals surface area contributed by atoms with E-state index < -0.39 is 0 Å². The first-order valence-electron chi connectivity index (χ1n) is 6.85. The highest BCUT2D eigenvalue weighted by Gasteiger charge is 2.09. The normalized spacial score (nSPS) is 10.6. The molecule has 2 heterocycles. The minimum atomic E-state index is 0.696. The van der Waals surface area contributed by atoms with Crippen LogP contribution in [0.3, 0.4) is 0 Å². The molecule has 0 atom stereocenters. The topological polar surface area (TPSA) is 75.9 Å². The van der Waals surface area contributed by atoms with Gasteiger partial charge < -0.3 is 10.7 Å². The standard InChI is InChI=1S/C14H21N5S/c1-3-5-12-17-13(10(2)14(18-12)19-15)16-8-7-11-6-4-9-20-11/h4,6,9H,3,5,7-8,15H2,1-2H3,(H2,16,17,18,19). The number of thiophene rings is 1. The zero-order chi connectivity index (χ0) is 14.4. The molecule has 0 radical (unpaired) electrons. The molecule has 2 aromatic rings. The summed E-state index contributed by atoms with van der Waals surface area (Å²) < 4.78 is 0. The molecule has 20 heavy (non-hydrogen) atoms. The van der Waals surface area contributed by atoms with Crippen molar-refractivity contribution < 1.29 is 0 Å². The maximum Gasteiger partial charge on any atom is 0.148 e. The Hall–Kier alpha value is -1.66. The van der Waals surface area contributed by atoms with Gasteiger partial charge in [0.25, 0.3) is 0 Å². The number of rotatable bonds is 7. The molecule has 2 rings (SSSR count). The van der Waals surface area contributed by atoms with Gasteiger partial charge in [0.15, 0.2) is 0 Å². The molecule has 0 bridgehead atoms. The first-order chi connectivity index (χ1) is 9.74. The fourth-order valence-electron chi connectivity index (χ4n) is 1.97. The Kier molecular flexibility index (Phi) is 5.31. The highest BCUT2D eigenvalue weighted by molar-refractivity contribution is 7.09. The van der Waals surface area contributed by atoms with E-state index in [1.54, 1.807) is 11.3 Å². The number of nitrogens with one attached hydrogen (secondary N) is 2. The van der Waals surface area contributed by atoms with Crippen molar-refractivity contribution in [1.29, 1.82) is 0 Å². The number of hydrazine groups is 1. The molecule has 0 aliphatic heterocycles. The predicted molar refractivity (Wildman–Crippen MR) is 85.1 cm³/mol. The summed E-state index contributed by atoms with van der Waals surface area (Å²) in [6.45, 7) is 4.94. The zero-order valence-electron chi connectivity index (χ0n) is 11.9. The van der Waals surface area contributed by atoms with Crippen molar-refractivity contribution in [3.05, 3.63) is 33.8 Å². The number of nitrogen functional groups attached to an aromatic ring is 1. The van der Waals surface area contributed by atoms with Crippen LogP contribution >= 0.6 is 11.3 Å². The molecule has 0 amide bonds. The van der Waals surface area contributed by atoms with E-state index in [2.05, 4.69) is 45.1 Å². The Bertz CT molecular complexity index is 539. The van der Waals surface area contributed by atoms with Gasteiger partial charge in [0.1, 0.15) is 17.5 Å². The van der Waals surface area contributed by atoms with Crippen molar-refractivity contribution in [2.75, 3.05) is 17.3 Å². The SMILES string of the molecule is CCCc1nc(NN)c(C)c(NCCc2cccs2)n1. The van der Waals surface area contributed by atoms with Crippen LogP contribution in [0.5, 0.6) is 0 Å². The summed E-state index contributed by atoms with van der Waals surface area (Å²) >= 11 is 1.78. The minimum absolute atomic E-state index is 0.696. The smallest absolute Gasteiger partial charge is 0.148 e. The summed E-state index contributed by atoms with van der Waals surface area (Å²) in [5.74, 6) is 7.91. The second kappa shape index (κ2) is 7.21. The van der Waals surface area contributed by atoms with Crippen molar-refractivity contribution >= 4 is 23.0 Å². The number of nitrogens with zero attached hydrogens (tertiary/aromatic N) is 2. The van der Waals surface area contributed by atoms with Gasteiger partial charge >= 0.3 is 0 Å². The third-order valence-corrected chi connectivity index (χ3v) is 3.98. The van der Waals surface area contributed by atoms with Gasteiger partial charge in [-0.3, -0.25) is 0 Å². The summed E-state index contributed by atoms with van der Waals surface area (Å²) in [7, 11) is 0. The molecule has 5 nitrogen and oxygen atoms in total. The molecule has 0 aromatic carbocycles. The summed E-state index contributed by atoms with van der Waals surface area (Å²) in [6, 6.07) is 4.22. The fraction of sp³-hybridized carbons (Fsp3) is 0.429. The van der Waals surface area contributed by atoms with Gasteiger partial charge in [0.05, 0.1) is 0 Å². The molecular formula is C14H21N5S. The molecule has 0 saturated heterocycles. The Morgan fingerprint density at radius 3 is 2.70 bits per heavy atom. The molecular weight excluding hydrogens is 270 g/mol. The lowest BCUT2D eigenvalue weighted by Gasteiger charge is -2.13. The van der Waals surface area contributed by atoms with Gasteiger partial charge in [0, 0.05) is 23.4 Å². The van der Waals surface area contributed by atoms with Crippen molar-refractivity contribution in [2.24, 2.45) is 5.84 Å². The maximum atomic E-state index is 5.52. The third-order valence-electron chi connectivity index (χ3n) is 3.05. The van der Waals surface area contributed by atoms with E-state index in [4.69, 9.17) is 5.84 Å². The largest absolute Gasteiger partial charge is 0.369 e. The van der Waals surface area contributed by atoms with E-state index in [1.165, 1.54) is 4.88 Å². The van der Waals surface area contributed by atoms with Crippen LogP contribution in [-0.4, -0.2) is 16.5 Å². The molecule has 0 saturated carbocycles. The molecule has 0 aliphatic rings. The van der Waals surface area contributed by atoms with Crippen LogP contribution in [0.4, 0.5) is 11.6 Å². The van der Waals surface area contributed by atoms with Crippen LogP contribution in [0.2, 0.25) is 0 Å². The highest BCUT2D eigenvalue weighted by atomic mass is 32.1. The van der Waals surface area contributed by atoms with Gasteiger partial charge in [-0.2, -0.15) is 0 Å². The fourth-order valence-corrected chi connectivity index (χ4v) is 2.68. The molecule has 0 aliphatic carbocycles. The second-order valence-corrected chi connectivity index (χ2v) is 5.64. The number of aromatic nitrogens is 2. The van der Waals surface area contributed by atoms with Gasteiger partial charge in [-0.1, -0.05) is 13.0 Å². The number of aryl methyl sites for hydroxylation is 1. The van der Waals surface area contributed by atoms with Gasteiger partial charge in [-0.15, -0.1) is 11.3 Å². The molecule has 0 fully saturated rings. The second-order valence-electron chi connectivity index (χ2n) is 4.61. The zero-order valence-corrected chi connectivity index (χ0v) is 12.8. The number of nitrogens with two attached hydrogens (primary N) is 1. The average molecular weight is 291 g/mol. The monoisotopic (exact) mass is 291 g/mol. The molecule has 0 unspecified atom stereocenters. The lowest BCUT2D eigenvalue weighted by molar-refractivity contribution is 0.830. The summed E-state index contributed by atoms with van der Waals surface area (Å²) in [5, 5.41) is 5.48. The Morgan fingerprint density at radius 1 is 1.25 bits per heavy atom. The molecule has 4 N–H and O–H groups in total. The van der Waals surface area contributed by atoms with Crippen molar-refractivity contribution in [1.82, 2.24) is 9.97 Å². The van der Waals surface area contributed by atoms with Gasteiger partial charge in [-0.25, -0.2) is 15.8 Å². The number of anilines is 2. The van der Waals surface area contributed by atoms with Crippen LogP contribution in [0, 0.1) is 6.92 Å². The Balaban J connectivity index is 2.06. The summed E-state index contributed by atoms with van der Waals surface area (Å²) in [4.78, 5) is 10.4. The molecule has 0 spiro atoms. The maximum absolute atomic E-state index is 5.52. The van der Waals surface area contributed by atoms with Gasteiger partial charge in [-0.05, 0) is 31.2 Å². The molecule has 6 heteroatoms. The third kappa shape index (κ3) is 3.68. The van der Waals surface area contributed by atoms with E-state index in [0.717, 1.165) is 43.0 Å². The van der Waals surface area contributed by atoms with Crippen LogP contribution in [0.25, 0.3) is 0 Å². The van der Waals surface area contributed by atoms with Crippen molar-refractivity contribution in [3.8, 4) is 0 Å². The lowest BCUT2D eigenvalue weighted by atomic mass is 10.2. The molecule has 2 aromatic heterocycles. The van der Waals surface area contributed by atoms with Crippen LogP contribution in [-0.2, 0) is 12.8 Å². The van der Waals surface area contributed by atoms with E-state index in [1.807, 2.05) is 6.92 Å². The quantitative estimate of drug-likeness (QED) is 0.540. The van der Waals surface area contributed by atoms with Crippen LogP contribution in [0.15, 0.2) is 17.5 Å². The van der Waals surface area contributed by atoms with E-state index in [-0.39, 0.29) is 0 Å². The lowest BCUT2D eigenvalue weighted by Crippen LogP contribution is -2.15. The first-order valence-corrected chi connectivity index (χ1v) is 7.73. The Labute approximate surface area is 123 Å². The van der Waals surface area contributed by atoms with Crippen LogP contribution < -0.4 is 16.6 Å². The van der Waals surface area contributed by atoms with E-state index >= 15 is 0 Å². The Morgan fingerprint density at radius 2 is 2.05 bits per heavy atom. The first kappa shape index (κ1) is 14.7. The van der Waals surface area contributed by atoms with Crippen molar-refractivity contribution in [2.45, 2.75) is 33.1 Å². The molecule has 108 valence electrons. The number of hydrogen-bond donors (Lipinski definition) is 3. The predicted octanol–water partition coefficient (Wildman–Crippen LogP) is 2.74. The highest BCUT2D eigenvalue weighted by Crippen LogP contribution is 2.20. The summed E-state index contributed by atoms with van der Waals surface area (Å²) in [5.41, 5.74) is 3.61. The van der Waals surface area contributed by atoms with Crippen LogP contribution in [0.1, 0.15) is 29.6 Å². The van der Waals surface area contributed by atoms with E-state index in [0.29, 0.717) is 5.82 Å². The summed E-state index contributed by atoms with van der Waals surface area (Å²) in [6.07, 6.45) is 2.87. The van der Waals surface area contributed by atoms with Crippen molar-refractivity contribution in [3.63, 3.8) is 0 Å². The average Bonchev–Trinajstić information content (AvgIpc) is 2.95. The minimum Gasteiger partial charge on any atom is -0.369 e.